The van der Waals surface area contributed by atoms with Crippen molar-refractivity contribution in [1.82, 2.24) is 9.29 Å². The molecule has 2 rings (SSSR count). The van der Waals surface area contributed by atoms with E-state index in [-0.39, 0.29) is 17.0 Å². The van der Waals surface area contributed by atoms with Crippen molar-refractivity contribution in [2.75, 3.05) is 13.7 Å². The van der Waals surface area contributed by atoms with E-state index in [4.69, 9.17) is 4.74 Å². The summed E-state index contributed by atoms with van der Waals surface area (Å²) < 4.78 is 31.3. The predicted molar refractivity (Wildman–Crippen MR) is 65.8 cm³/mol. The number of likely N-dealkylation sites (N-methyl/N-ethyl adjacent to an activating group) is 1. The first kappa shape index (κ1) is 13.3. The summed E-state index contributed by atoms with van der Waals surface area (Å²) in [5.41, 5.74) is -0.507. The highest BCUT2D eigenvalue weighted by Gasteiger charge is 2.36. The van der Waals surface area contributed by atoms with E-state index in [1.165, 1.54) is 29.8 Å². The third-order valence-electron chi connectivity index (χ3n) is 3.25. The Morgan fingerprint density at radius 3 is 2.78 bits per heavy atom. The van der Waals surface area contributed by atoms with Gasteiger partial charge in [0, 0.05) is 32.1 Å². The number of sulfonamides is 1. The topological polar surface area (TPSA) is 79.5 Å². The lowest BCUT2D eigenvalue weighted by Gasteiger charge is -2.25. The van der Waals surface area contributed by atoms with Crippen LogP contribution in [0.5, 0.6) is 0 Å². The summed E-state index contributed by atoms with van der Waals surface area (Å²) in [7, 11) is -2.29. The summed E-state index contributed by atoms with van der Waals surface area (Å²) in [4.78, 5) is 14.0. The molecule has 7 heteroatoms. The Hall–Kier alpha value is -1.18. The minimum atomic E-state index is -3.78. The zero-order valence-electron chi connectivity index (χ0n) is 10.3. The second-order valence-electron chi connectivity index (χ2n) is 4.33. The van der Waals surface area contributed by atoms with Crippen LogP contribution in [-0.4, -0.2) is 43.5 Å². The number of nitrogens with one attached hydrogen (secondary N) is 1. The third kappa shape index (κ3) is 2.21. The van der Waals surface area contributed by atoms with Crippen LogP contribution in [0.4, 0.5) is 0 Å². The molecule has 2 heterocycles. The SMILES string of the molecule is CC1OCCC1N(C)S(=O)(=O)c1c[nH]ccc1=O. The van der Waals surface area contributed by atoms with Gasteiger partial charge >= 0.3 is 0 Å². The Morgan fingerprint density at radius 2 is 2.22 bits per heavy atom. The average molecular weight is 272 g/mol. The molecule has 0 spiro atoms. The number of nitrogens with zero attached hydrogens (tertiary/aromatic N) is 1. The van der Waals surface area contributed by atoms with Gasteiger partial charge in [0.1, 0.15) is 4.90 Å². The number of hydrogen-bond acceptors (Lipinski definition) is 4. The van der Waals surface area contributed by atoms with Gasteiger partial charge < -0.3 is 9.72 Å². The molecule has 1 fully saturated rings. The van der Waals surface area contributed by atoms with Crippen LogP contribution in [-0.2, 0) is 14.8 Å². The van der Waals surface area contributed by atoms with E-state index in [0.29, 0.717) is 13.0 Å². The van der Waals surface area contributed by atoms with Crippen LogP contribution in [0.3, 0.4) is 0 Å². The standard InChI is InChI=1S/C11H16N2O4S/c1-8-9(4-6-17-8)13(2)18(15,16)11-7-12-5-3-10(11)14/h3,5,7-9H,4,6H2,1-2H3,(H,12,14). The maximum Gasteiger partial charge on any atom is 0.248 e. The van der Waals surface area contributed by atoms with E-state index >= 15 is 0 Å². The Labute approximate surface area is 106 Å². The molecule has 100 valence electrons. The summed E-state index contributed by atoms with van der Waals surface area (Å²) in [5.74, 6) is 0. The number of aromatic nitrogens is 1. The predicted octanol–water partition coefficient (Wildman–Crippen LogP) is 0.173. The molecule has 18 heavy (non-hydrogen) atoms. The molecule has 0 saturated carbocycles. The van der Waals surface area contributed by atoms with Crippen LogP contribution < -0.4 is 5.43 Å². The van der Waals surface area contributed by atoms with Gasteiger partial charge in [0.15, 0.2) is 0 Å². The highest BCUT2D eigenvalue weighted by molar-refractivity contribution is 7.89. The molecule has 0 amide bonds. The van der Waals surface area contributed by atoms with Crippen LogP contribution in [0.2, 0.25) is 0 Å². The zero-order chi connectivity index (χ0) is 13.3. The monoisotopic (exact) mass is 272 g/mol. The first-order chi connectivity index (χ1) is 8.44. The molecule has 1 aliphatic rings. The molecule has 0 aliphatic carbocycles. The average Bonchev–Trinajstić information content (AvgIpc) is 2.74. The third-order valence-corrected chi connectivity index (χ3v) is 5.15. The Morgan fingerprint density at radius 1 is 1.50 bits per heavy atom. The molecule has 2 atom stereocenters. The van der Waals surface area contributed by atoms with Crippen molar-refractivity contribution >= 4 is 10.0 Å². The second kappa shape index (κ2) is 4.83. The van der Waals surface area contributed by atoms with Gasteiger partial charge in [-0.05, 0) is 13.3 Å². The highest BCUT2D eigenvalue weighted by atomic mass is 32.2. The van der Waals surface area contributed by atoms with Crippen LogP contribution in [0.1, 0.15) is 13.3 Å². The molecule has 1 aromatic heterocycles. The van der Waals surface area contributed by atoms with Crippen molar-refractivity contribution in [3.8, 4) is 0 Å². The van der Waals surface area contributed by atoms with Crippen molar-refractivity contribution in [2.45, 2.75) is 30.4 Å². The number of pyridine rings is 1. The molecule has 1 aliphatic heterocycles. The lowest BCUT2D eigenvalue weighted by Crippen LogP contribution is -2.42. The summed E-state index contributed by atoms with van der Waals surface area (Å²) in [6.45, 7) is 2.37. The first-order valence-corrected chi connectivity index (χ1v) is 7.15. The second-order valence-corrected chi connectivity index (χ2v) is 6.29. The summed E-state index contributed by atoms with van der Waals surface area (Å²) in [6.07, 6.45) is 3.10. The smallest absolute Gasteiger partial charge is 0.248 e. The van der Waals surface area contributed by atoms with E-state index < -0.39 is 15.5 Å². The molecular weight excluding hydrogens is 256 g/mol. The number of ether oxygens (including phenoxy) is 1. The Kier molecular flexibility index (Phi) is 3.56. The van der Waals surface area contributed by atoms with Gasteiger partial charge in [0.2, 0.25) is 15.5 Å². The van der Waals surface area contributed by atoms with Crippen molar-refractivity contribution < 1.29 is 13.2 Å². The number of hydrogen-bond donors (Lipinski definition) is 1. The zero-order valence-corrected chi connectivity index (χ0v) is 11.1. The Bertz CT molecular complexity index is 581. The van der Waals surface area contributed by atoms with Gasteiger partial charge in [-0.25, -0.2) is 8.42 Å². The molecule has 2 unspecified atom stereocenters. The lowest BCUT2D eigenvalue weighted by atomic mass is 10.2. The van der Waals surface area contributed by atoms with E-state index in [1.807, 2.05) is 6.92 Å². The van der Waals surface area contributed by atoms with Crippen LogP contribution in [0.15, 0.2) is 28.2 Å². The van der Waals surface area contributed by atoms with Gasteiger partial charge in [-0.1, -0.05) is 0 Å². The van der Waals surface area contributed by atoms with Crippen LogP contribution >= 0.6 is 0 Å². The van der Waals surface area contributed by atoms with Gasteiger partial charge in [-0.2, -0.15) is 4.31 Å². The fraction of sp³-hybridized carbons (Fsp3) is 0.545. The highest BCUT2D eigenvalue weighted by Crippen LogP contribution is 2.23. The maximum absolute atomic E-state index is 12.3. The quantitative estimate of drug-likeness (QED) is 0.851. The summed E-state index contributed by atoms with van der Waals surface area (Å²) in [5, 5.41) is 0. The fourth-order valence-electron chi connectivity index (χ4n) is 2.13. The minimum Gasteiger partial charge on any atom is -0.377 e. The number of rotatable bonds is 3. The van der Waals surface area contributed by atoms with Crippen LogP contribution in [0, 0.1) is 0 Å². The molecular formula is C11H16N2O4S. The normalized spacial score (nSPS) is 24.6. The number of aromatic amines is 1. The van der Waals surface area contributed by atoms with Crippen molar-refractivity contribution in [1.29, 1.82) is 0 Å². The number of H-pyrrole nitrogens is 1. The van der Waals surface area contributed by atoms with E-state index in [2.05, 4.69) is 4.98 Å². The molecule has 0 bridgehead atoms. The Balaban J connectivity index is 2.37. The molecule has 1 aromatic rings. The fourth-order valence-corrected chi connectivity index (χ4v) is 3.62. The van der Waals surface area contributed by atoms with E-state index in [9.17, 15) is 13.2 Å². The van der Waals surface area contributed by atoms with E-state index in [1.54, 1.807) is 0 Å². The van der Waals surface area contributed by atoms with Gasteiger partial charge in [-0.3, -0.25) is 4.79 Å². The largest absolute Gasteiger partial charge is 0.377 e. The van der Waals surface area contributed by atoms with E-state index in [0.717, 1.165) is 0 Å². The van der Waals surface area contributed by atoms with Crippen molar-refractivity contribution in [3.05, 3.63) is 28.7 Å². The van der Waals surface area contributed by atoms with Gasteiger partial charge in [0.05, 0.1) is 12.1 Å². The lowest BCUT2D eigenvalue weighted by molar-refractivity contribution is 0.102. The summed E-state index contributed by atoms with van der Waals surface area (Å²) >= 11 is 0. The van der Waals surface area contributed by atoms with Gasteiger partial charge in [0.25, 0.3) is 0 Å². The minimum absolute atomic E-state index is 0.160. The van der Waals surface area contributed by atoms with Crippen molar-refractivity contribution in [2.24, 2.45) is 0 Å². The summed E-state index contributed by atoms with van der Waals surface area (Å²) in [6, 6.07) is 0.976. The maximum atomic E-state index is 12.3. The molecule has 1 saturated heterocycles. The van der Waals surface area contributed by atoms with Crippen molar-refractivity contribution in [3.63, 3.8) is 0 Å². The van der Waals surface area contributed by atoms with Crippen LogP contribution in [0.25, 0.3) is 0 Å². The molecule has 0 aromatic carbocycles. The molecule has 0 radical (unpaired) electrons. The molecule has 6 nitrogen and oxygen atoms in total. The first-order valence-electron chi connectivity index (χ1n) is 5.71. The molecule has 1 N–H and O–H groups in total. The van der Waals surface area contributed by atoms with Gasteiger partial charge in [-0.15, -0.1) is 0 Å².